The summed E-state index contributed by atoms with van der Waals surface area (Å²) < 4.78 is 4.96. The van der Waals surface area contributed by atoms with Gasteiger partial charge in [-0.05, 0) is 73.5 Å². The predicted molar refractivity (Wildman–Crippen MR) is 96.7 cm³/mol. The van der Waals surface area contributed by atoms with E-state index in [0.29, 0.717) is 36.5 Å². The Balaban J connectivity index is 2.11. The highest BCUT2D eigenvalue weighted by atomic mass is 16.5. The van der Waals surface area contributed by atoms with E-state index < -0.39 is 17.2 Å². The van der Waals surface area contributed by atoms with Gasteiger partial charge in [-0.25, -0.2) is 4.79 Å². The summed E-state index contributed by atoms with van der Waals surface area (Å²) in [6.07, 6.45) is 5.06. The molecule has 0 aromatic rings. The predicted octanol–water partition coefficient (Wildman–Crippen LogP) is 3.40. The van der Waals surface area contributed by atoms with Gasteiger partial charge in [-0.15, -0.1) is 0 Å². The molecule has 0 aliphatic heterocycles. The Hall–Kier alpha value is -0.610. The summed E-state index contributed by atoms with van der Waals surface area (Å²) >= 11 is 0. The van der Waals surface area contributed by atoms with Gasteiger partial charge in [-0.3, -0.25) is 0 Å². The lowest BCUT2D eigenvalue weighted by Gasteiger charge is -2.62. The van der Waals surface area contributed by atoms with Gasteiger partial charge in [0.25, 0.3) is 0 Å². The second-order valence-corrected chi connectivity index (χ2v) is 9.64. The average Bonchev–Trinajstić information content (AvgIpc) is 2.56. The second kappa shape index (κ2) is 6.53. The number of ether oxygens (including phenoxy) is 1. The summed E-state index contributed by atoms with van der Waals surface area (Å²) in [7, 11) is 1.35. The molecule has 8 atom stereocenters. The Morgan fingerprint density at radius 2 is 1.68 bits per heavy atom. The monoisotopic (exact) mass is 352 g/mol. The molecule has 4 nitrogen and oxygen atoms in total. The molecule has 3 saturated carbocycles. The number of aliphatic hydroxyl groups is 2. The van der Waals surface area contributed by atoms with Gasteiger partial charge in [0.05, 0.1) is 12.7 Å². The van der Waals surface area contributed by atoms with Gasteiger partial charge >= 0.3 is 5.97 Å². The number of carbonyl (C=O) groups is 1. The second-order valence-electron chi connectivity index (χ2n) is 9.64. The first-order chi connectivity index (χ1) is 11.6. The topological polar surface area (TPSA) is 66.8 Å². The molecule has 25 heavy (non-hydrogen) atoms. The maximum atomic E-state index is 12.4. The fraction of sp³-hybridized carbons (Fsp3) is 0.952. The van der Waals surface area contributed by atoms with Crippen molar-refractivity contribution in [2.75, 3.05) is 7.11 Å². The molecule has 0 aromatic carbocycles. The van der Waals surface area contributed by atoms with Gasteiger partial charge in [0.2, 0.25) is 0 Å². The van der Waals surface area contributed by atoms with Crippen molar-refractivity contribution in [3.8, 4) is 0 Å². The van der Waals surface area contributed by atoms with Crippen LogP contribution in [0.3, 0.4) is 0 Å². The summed E-state index contributed by atoms with van der Waals surface area (Å²) in [5.41, 5.74) is -2.22. The Morgan fingerprint density at radius 3 is 2.28 bits per heavy atom. The van der Waals surface area contributed by atoms with Gasteiger partial charge in [0.1, 0.15) is 0 Å². The zero-order valence-electron chi connectivity index (χ0n) is 16.5. The first-order valence-electron chi connectivity index (χ1n) is 10.2. The third-order valence-corrected chi connectivity index (χ3v) is 8.17. The molecule has 3 fully saturated rings. The van der Waals surface area contributed by atoms with Crippen LogP contribution < -0.4 is 0 Å². The highest BCUT2D eigenvalue weighted by molar-refractivity contribution is 5.79. The van der Waals surface area contributed by atoms with Crippen LogP contribution in [0.1, 0.15) is 66.2 Å². The Kier molecular flexibility index (Phi) is 5.00. The Labute approximate surface area is 152 Å². The quantitative estimate of drug-likeness (QED) is 0.748. The minimum Gasteiger partial charge on any atom is -0.467 e. The standard InChI is InChI=1S/C21H36O4/c1-12(2)15-8-6-13(3)16-9-7-14(4)21(24)17(15)10-20(23,11-18(16)21)19(22)25-5/h12-18,23-24H,6-11H2,1-5H3/t13-,14?,15-,16+,17+,18?,20-,21+/m1/s1. The largest absolute Gasteiger partial charge is 0.467 e. The lowest BCUT2D eigenvalue weighted by Crippen LogP contribution is -2.67. The van der Waals surface area contributed by atoms with Gasteiger partial charge in [-0.1, -0.05) is 34.1 Å². The summed E-state index contributed by atoms with van der Waals surface area (Å²) in [5, 5.41) is 23.2. The van der Waals surface area contributed by atoms with E-state index in [9.17, 15) is 15.0 Å². The molecular formula is C21H36O4. The number of hydrogen-bond acceptors (Lipinski definition) is 4. The molecule has 144 valence electrons. The third kappa shape index (κ3) is 2.84. The van der Waals surface area contributed by atoms with Gasteiger partial charge in [-0.2, -0.15) is 0 Å². The van der Waals surface area contributed by atoms with Crippen molar-refractivity contribution >= 4 is 5.97 Å². The molecule has 3 rings (SSSR count). The van der Waals surface area contributed by atoms with E-state index >= 15 is 0 Å². The van der Waals surface area contributed by atoms with Gasteiger partial charge in [0.15, 0.2) is 5.60 Å². The maximum absolute atomic E-state index is 12.4. The van der Waals surface area contributed by atoms with Crippen molar-refractivity contribution in [1.29, 1.82) is 0 Å². The maximum Gasteiger partial charge on any atom is 0.337 e. The number of carbonyl (C=O) groups excluding carboxylic acids is 1. The van der Waals surface area contributed by atoms with Crippen molar-refractivity contribution in [2.24, 2.45) is 41.4 Å². The Bertz CT molecular complexity index is 518. The van der Waals surface area contributed by atoms with E-state index in [-0.39, 0.29) is 17.8 Å². The average molecular weight is 353 g/mol. The molecule has 3 aliphatic rings. The molecule has 4 heteroatoms. The van der Waals surface area contributed by atoms with Gasteiger partial charge in [0, 0.05) is 0 Å². The smallest absolute Gasteiger partial charge is 0.337 e. The van der Waals surface area contributed by atoms with Crippen molar-refractivity contribution in [2.45, 2.75) is 77.4 Å². The first kappa shape index (κ1) is 19.2. The zero-order valence-corrected chi connectivity index (χ0v) is 16.5. The highest BCUT2D eigenvalue weighted by Gasteiger charge is 2.64. The van der Waals surface area contributed by atoms with Crippen molar-refractivity contribution in [3.05, 3.63) is 0 Å². The molecule has 0 radical (unpaired) electrons. The van der Waals surface area contributed by atoms with Gasteiger partial charge < -0.3 is 14.9 Å². The van der Waals surface area contributed by atoms with Crippen LogP contribution in [0.4, 0.5) is 0 Å². The lowest BCUT2D eigenvalue weighted by atomic mass is 9.46. The minimum atomic E-state index is -1.45. The number of rotatable bonds is 2. The molecule has 3 aliphatic carbocycles. The molecular weight excluding hydrogens is 316 g/mol. The van der Waals surface area contributed by atoms with E-state index in [2.05, 4.69) is 27.7 Å². The molecule has 0 heterocycles. The number of methoxy groups -OCH3 is 1. The van der Waals surface area contributed by atoms with E-state index in [1.54, 1.807) is 0 Å². The summed E-state index contributed by atoms with van der Waals surface area (Å²) in [6, 6.07) is 0. The van der Waals surface area contributed by atoms with Crippen LogP contribution in [-0.2, 0) is 9.53 Å². The van der Waals surface area contributed by atoms with E-state index in [1.165, 1.54) is 13.5 Å². The molecule has 4 bridgehead atoms. The van der Waals surface area contributed by atoms with Crippen LogP contribution in [0.5, 0.6) is 0 Å². The number of esters is 1. The third-order valence-electron chi connectivity index (χ3n) is 8.17. The van der Waals surface area contributed by atoms with Crippen LogP contribution in [0.15, 0.2) is 0 Å². The fourth-order valence-electron chi connectivity index (χ4n) is 6.71. The summed E-state index contributed by atoms with van der Waals surface area (Å²) in [4.78, 5) is 12.4. The van der Waals surface area contributed by atoms with E-state index in [0.717, 1.165) is 19.3 Å². The van der Waals surface area contributed by atoms with Crippen LogP contribution in [0.25, 0.3) is 0 Å². The van der Waals surface area contributed by atoms with Crippen LogP contribution >= 0.6 is 0 Å². The molecule has 0 spiro atoms. The molecule has 0 aromatic heterocycles. The van der Waals surface area contributed by atoms with E-state index in [1.807, 2.05) is 0 Å². The highest BCUT2D eigenvalue weighted by Crippen LogP contribution is 2.61. The summed E-state index contributed by atoms with van der Waals surface area (Å²) in [5.74, 6) is 1.29. The molecule has 0 saturated heterocycles. The number of hydrogen-bond donors (Lipinski definition) is 2. The van der Waals surface area contributed by atoms with Crippen molar-refractivity contribution in [3.63, 3.8) is 0 Å². The SMILES string of the molecule is COC(=O)[C@]1(O)CC2[C@H]3CCC(C)[C@]2(O)[C@@H](C1)[C@@H](C(C)C)CC[C@H]3C. The lowest BCUT2D eigenvalue weighted by molar-refractivity contribution is -0.243. The molecule has 2 N–H and O–H groups in total. The van der Waals surface area contributed by atoms with Crippen LogP contribution in [0.2, 0.25) is 0 Å². The molecule has 2 unspecified atom stereocenters. The Morgan fingerprint density at radius 1 is 1.04 bits per heavy atom. The first-order valence-corrected chi connectivity index (χ1v) is 10.2. The normalized spacial score (nSPS) is 50.1. The van der Waals surface area contributed by atoms with Crippen molar-refractivity contribution < 1.29 is 19.7 Å². The van der Waals surface area contributed by atoms with E-state index in [4.69, 9.17) is 4.74 Å². The van der Waals surface area contributed by atoms with Crippen LogP contribution in [0, 0.1) is 41.4 Å². The summed E-state index contributed by atoms with van der Waals surface area (Å²) in [6.45, 7) is 8.89. The molecule has 0 amide bonds. The zero-order chi connectivity index (χ0) is 18.6. The minimum absolute atomic E-state index is 0.0179. The fourth-order valence-corrected chi connectivity index (χ4v) is 6.71. The van der Waals surface area contributed by atoms with Crippen LogP contribution in [-0.4, -0.2) is 34.5 Å². The van der Waals surface area contributed by atoms with Crippen molar-refractivity contribution in [1.82, 2.24) is 0 Å².